The second kappa shape index (κ2) is 8.87. The van der Waals surface area contributed by atoms with Crippen molar-refractivity contribution >= 4 is 22.4 Å². The van der Waals surface area contributed by atoms with Gasteiger partial charge in [0.25, 0.3) is 0 Å². The highest BCUT2D eigenvalue weighted by Gasteiger charge is 2.28. The quantitative estimate of drug-likeness (QED) is 0.815. The number of nitrogens with one attached hydrogen (secondary N) is 1. The van der Waals surface area contributed by atoms with Gasteiger partial charge in [-0.2, -0.15) is 0 Å². The smallest absolute Gasteiger partial charge is 0.241 e. The summed E-state index contributed by atoms with van der Waals surface area (Å²) in [6, 6.07) is 4.80. The molecule has 132 valence electrons. The molecule has 0 aliphatic heterocycles. The van der Waals surface area contributed by atoms with Crippen LogP contribution in [0.15, 0.2) is 23.1 Å². The Hall–Kier alpha value is -0.820. The monoisotopic (exact) mass is 362 g/mol. The van der Waals surface area contributed by atoms with E-state index in [9.17, 15) is 8.42 Å². The summed E-state index contributed by atoms with van der Waals surface area (Å²) in [6.45, 7) is 2.11. The van der Waals surface area contributed by atoms with Crippen LogP contribution in [0.3, 0.4) is 0 Å². The molecule has 1 atom stereocenters. The van der Waals surface area contributed by atoms with E-state index < -0.39 is 10.0 Å². The first-order valence-corrected chi connectivity index (χ1v) is 9.33. The van der Waals surface area contributed by atoms with E-state index >= 15 is 0 Å². The van der Waals surface area contributed by atoms with E-state index in [4.69, 9.17) is 10.5 Å². The molecule has 23 heavy (non-hydrogen) atoms. The van der Waals surface area contributed by atoms with Gasteiger partial charge in [0.1, 0.15) is 5.75 Å². The average Bonchev–Trinajstić information content (AvgIpc) is 2.53. The Labute approximate surface area is 145 Å². The SMILES string of the molecule is COc1ccc(S(=O)(=O)NC(CN)C2CCCCC2)c(C)c1.Cl. The molecule has 0 radical (unpaired) electrons. The van der Waals surface area contributed by atoms with E-state index in [0.29, 0.717) is 28.7 Å². The Kier molecular flexibility index (Phi) is 7.80. The standard InChI is InChI=1S/C16H26N2O3S.ClH/c1-12-10-14(21-2)8-9-16(12)22(19,20)18-15(11-17)13-6-4-3-5-7-13;/h8-10,13,15,18H,3-7,11,17H2,1-2H3;1H. The van der Waals surface area contributed by atoms with Gasteiger partial charge < -0.3 is 10.5 Å². The maximum absolute atomic E-state index is 12.7. The lowest BCUT2D eigenvalue weighted by Crippen LogP contribution is -2.45. The van der Waals surface area contributed by atoms with Gasteiger partial charge in [-0.1, -0.05) is 19.3 Å². The largest absolute Gasteiger partial charge is 0.497 e. The van der Waals surface area contributed by atoms with Gasteiger partial charge >= 0.3 is 0 Å². The van der Waals surface area contributed by atoms with Crippen LogP contribution >= 0.6 is 12.4 Å². The Bertz CT molecular complexity index is 601. The molecule has 0 amide bonds. The highest BCUT2D eigenvalue weighted by Crippen LogP contribution is 2.28. The average molecular weight is 363 g/mol. The van der Waals surface area contributed by atoms with Crippen LogP contribution in [-0.4, -0.2) is 28.1 Å². The van der Waals surface area contributed by atoms with Gasteiger partial charge in [0, 0.05) is 12.6 Å². The van der Waals surface area contributed by atoms with Crippen LogP contribution in [0.5, 0.6) is 5.75 Å². The molecule has 1 aromatic rings. The number of methoxy groups -OCH3 is 1. The predicted octanol–water partition coefficient (Wildman–Crippen LogP) is 2.61. The summed E-state index contributed by atoms with van der Waals surface area (Å²) in [5.74, 6) is 0.992. The molecule has 5 nitrogen and oxygen atoms in total. The summed E-state index contributed by atoms with van der Waals surface area (Å²) in [6.07, 6.45) is 5.64. The van der Waals surface area contributed by atoms with Gasteiger partial charge in [0.05, 0.1) is 12.0 Å². The van der Waals surface area contributed by atoms with E-state index in [0.717, 1.165) is 25.7 Å². The van der Waals surface area contributed by atoms with Crippen molar-refractivity contribution in [3.63, 3.8) is 0 Å². The normalized spacial score (nSPS) is 17.3. The van der Waals surface area contributed by atoms with Crippen LogP contribution < -0.4 is 15.2 Å². The minimum atomic E-state index is -3.56. The van der Waals surface area contributed by atoms with Gasteiger partial charge in [-0.3, -0.25) is 0 Å². The van der Waals surface area contributed by atoms with Crippen molar-refractivity contribution in [2.75, 3.05) is 13.7 Å². The summed E-state index contributed by atoms with van der Waals surface area (Å²) in [7, 11) is -2.00. The maximum atomic E-state index is 12.7. The van der Waals surface area contributed by atoms with E-state index in [1.807, 2.05) is 0 Å². The molecular formula is C16H27ClN2O3S. The Morgan fingerprint density at radius 3 is 2.48 bits per heavy atom. The van der Waals surface area contributed by atoms with Crippen molar-refractivity contribution in [3.8, 4) is 5.75 Å². The first-order chi connectivity index (χ1) is 10.5. The Balaban J connectivity index is 0.00000264. The molecule has 0 spiro atoms. The summed E-state index contributed by atoms with van der Waals surface area (Å²) in [4.78, 5) is 0.294. The second-order valence-corrected chi connectivity index (χ2v) is 7.68. The summed E-state index contributed by atoms with van der Waals surface area (Å²) < 4.78 is 33.3. The number of hydrogen-bond acceptors (Lipinski definition) is 4. The van der Waals surface area contributed by atoms with E-state index in [1.165, 1.54) is 6.42 Å². The molecular weight excluding hydrogens is 336 g/mol. The molecule has 1 aliphatic carbocycles. The molecule has 3 N–H and O–H groups in total. The maximum Gasteiger partial charge on any atom is 0.241 e. The summed E-state index contributed by atoms with van der Waals surface area (Å²) >= 11 is 0. The van der Waals surface area contributed by atoms with Crippen molar-refractivity contribution in [2.45, 2.75) is 50.0 Å². The third kappa shape index (κ3) is 5.08. The lowest BCUT2D eigenvalue weighted by Gasteiger charge is -2.30. The topological polar surface area (TPSA) is 81.4 Å². The van der Waals surface area contributed by atoms with Crippen molar-refractivity contribution in [1.29, 1.82) is 0 Å². The Morgan fingerprint density at radius 2 is 1.96 bits per heavy atom. The first-order valence-electron chi connectivity index (χ1n) is 7.85. The van der Waals surface area contributed by atoms with Crippen LogP contribution in [0.25, 0.3) is 0 Å². The van der Waals surface area contributed by atoms with Crippen LogP contribution in [0.1, 0.15) is 37.7 Å². The molecule has 1 unspecified atom stereocenters. The molecule has 0 saturated heterocycles. The minimum Gasteiger partial charge on any atom is -0.497 e. The van der Waals surface area contributed by atoms with E-state index in [2.05, 4.69) is 4.72 Å². The predicted molar refractivity (Wildman–Crippen MR) is 94.7 cm³/mol. The molecule has 1 saturated carbocycles. The second-order valence-electron chi connectivity index (χ2n) is 5.99. The molecule has 0 heterocycles. The third-order valence-corrected chi connectivity index (χ3v) is 6.10. The number of hydrogen-bond donors (Lipinski definition) is 2. The summed E-state index contributed by atoms with van der Waals surface area (Å²) in [5, 5.41) is 0. The molecule has 1 aliphatic rings. The van der Waals surface area contributed by atoms with Crippen molar-refractivity contribution in [1.82, 2.24) is 4.72 Å². The summed E-state index contributed by atoms with van der Waals surface area (Å²) in [5.41, 5.74) is 6.50. The van der Waals surface area contributed by atoms with Gasteiger partial charge in [-0.25, -0.2) is 13.1 Å². The van der Waals surface area contributed by atoms with Crippen LogP contribution in [0.4, 0.5) is 0 Å². The van der Waals surface area contributed by atoms with E-state index in [1.54, 1.807) is 32.2 Å². The zero-order chi connectivity index (χ0) is 16.2. The molecule has 7 heteroatoms. The van der Waals surface area contributed by atoms with Crippen molar-refractivity contribution in [3.05, 3.63) is 23.8 Å². The Morgan fingerprint density at radius 1 is 1.30 bits per heavy atom. The fraction of sp³-hybridized carbons (Fsp3) is 0.625. The lowest BCUT2D eigenvalue weighted by atomic mass is 9.84. The van der Waals surface area contributed by atoms with E-state index in [-0.39, 0.29) is 18.4 Å². The molecule has 0 bridgehead atoms. The number of sulfonamides is 1. The number of nitrogens with two attached hydrogens (primary N) is 1. The highest BCUT2D eigenvalue weighted by molar-refractivity contribution is 7.89. The van der Waals surface area contributed by atoms with Gasteiger partial charge in [-0.05, 0) is 49.4 Å². The number of halogens is 1. The number of benzene rings is 1. The van der Waals surface area contributed by atoms with Gasteiger partial charge in [0.2, 0.25) is 10.0 Å². The zero-order valence-electron chi connectivity index (χ0n) is 13.7. The molecule has 0 aromatic heterocycles. The third-order valence-electron chi connectivity index (χ3n) is 4.45. The lowest BCUT2D eigenvalue weighted by molar-refractivity contribution is 0.294. The number of rotatable bonds is 6. The number of ether oxygens (including phenoxy) is 1. The fourth-order valence-corrected chi connectivity index (χ4v) is 4.73. The van der Waals surface area contributed by atoms with Crippen LogP contribution in [0.2, 0.25) is 0 Å². The molecule has 1 fully saturated rings. The fourth-order valence-electron chi connectivity index (χ4n) is 3.19. The minimum absolute atomic E-state index is 0. The van der Waals surface area contributed by atoms with Crippen LogP contribution in [-0.2, 0) is 10.0 Å². The van der Waals surface area contributed by atoms with Gasteiger partial charge in [0.15, 0.2) is 0 Å². The highest BCUT2D eigenvalue weighted by atomic mass is 35.5. The molecule has 1 aromatic carbocycles. The number of aryl methyl sites for hydroxylation is 1. The van der Waals surface area contributed by atoms with Gasteiger partial charge in [-0.15, -0.1) is 12.4 Å². The van der Waals surface area contributed by atoms with Crippen molar-refractivity contribution in [2.24, 2.45) is 11.7 Å². The zero-order valence-corrected chi connectivity index (χ0v) is 15.4. The first kappa shape index (κ1) is 20.2. The molecule has 2 rings (SSSR count). The van der Waals surface area contributed by atoms with Crippen molar-refractivity contribution < 1.29 is 13.2 Å². The van der Waals surface area contributed by atoms with Crippen LogP contribution in [0, 0.1) is 12.8 Å².